The third-order valence-corrected chi connectivity index (χ3v) is 6.35. The summed E-state index contributed by atoms with van der Waals surface area (Å²) in [7, 11) is 3.66. The van der Waals surface area contributed by atoms with E-state index in [2.05, 4.69) is 27.1 Å². The molecule has 3 aromatic rings. The van der Waals surface area contributed by atoms with Gasteiger partial charge in [-0.3, -0.25) is 9.69 Å². The highest BCUT2D eigenvalue weighted by Gasteiger charge is 2.26. The summed E-state index contributed by atoms with van der Waals surface area (Å²) >= 11 is 0. The highest BCUT2D eigenvalue weighted by Crippen LogP contribution is 2.41. The average molecular weight is 494 g/mol. The van der Waals surface area contributed by atoms with E-state index in [1.165, 1.54) is 0 Å². The van der Waals surface area contributed by atoms with E-state index in [4.69, 9.17) is 24.4 Å². The summed E-state index contributed by atoms with van der Waals surface area (Å²) in [4.78, 5) is 21.8. The molecule has 36 heavy (non-hydrogen) atoms. The number of benzene rings is 1. The molecule has 0 aliphatic carbocycles. The summed E-state index contributed by atoms with van der Waals surface area (Å²) in [5.74, 6) is 2.35. The Labute approximate surface area is 209 Å². The number of methoxy groups -OCH3 is 1. The molecule has 3 N–H and O–H groups in total. The number of anilines is 1. The number of nitrogens with one attached hydrogen (secondary N) is 1. The molecule has 1 aromatic carbocycles. The Balaban J connectivity index is 1.21. The molecule has 1 amide bonds. The first-order chi connectivity index (χ1) is 17.5. The van der Waals surface area contributed by atoms with Crippen LogP contribution in [0.1, 0.15) is 16.3 Å². The minimum absolute atomic E-state index is 0.259. The molecule has 0 unspecified atom stereocenters. The number of ether oxygens (including phenoxy) is 3. The number of fused-ring (bicyclic) bond motifs is 1. The molecule has 2 aromatic heterocycles. The van der Waals surface area contributed by atoms with E-state index in [9.17, 15) is 4.79 Å². The van der Waals surface area contributed by atoms with Crippen LogP contribution in [-0.4, -0.2) is 80.3 Å². The van der Waals surface area contributed by atoms with Gasteiger partial charge < -0.3 is 34.6 Å². The molecule has 1 fully saturated rings. The summed E-state index contributed by atoms with van der Waals surface area (Å²) in [6.45, 7) is 5.29. The van der Waals surface area contributed by atoms with Crippen LogP contribution < -0.4 is 25.3 Å². The highest BCUT2D eigenvalue weighted by molar-refractivity contribution is 5.91. The van der Waals surface area contributed by atoms with Crippen molar-refractivity contribution in [3.05, 3.63) is 54.0 Å². The van der Waals surface area contributed by atoms with E-state index >= 15 is 0 Å². The van der Waals surface area contributed by atoms with E-state index in [1.807, 2.05) is 24.3 Å². The molecule has 1 atom stereocenters. The van der Waals surface area contributed by atoms with Gasteiger partial charge in [-0.05, 0) is 37.4 Å². The number of aromatic nitrogens is 1. The Kier molecular flexibility index (Phi) is 6.97. The van der Waals surface area contributed by atoms with Gasteiger partial charge in [0, 0.05) is 43.5 Å². The third-order valence-electron chi connectivity index (χ3n) is 6.35. The SMILES string of the molecule is COc1cc(N)cc(-c2cccc3c2O[C@H](CNC(=O)c2ccc(CN4CCN(C)CC4)o2)CO3)n1. The smallest absolute Gasteiger partial charge is 0.287 e. The van der Waals surface area contributed by atoms with Gasteiger partial charge in [0.2, 0.25) is 5.88 Å². The van der Waals surface area contributed by atoms with Crippen LogP contribution >= 0.6 is 0 Å². The van der Waals surface area contributed by atoms with Gasteiger partial charge in [0.15, 0.2) is 17.3 Å². The summed E-state index contributed by atoms with van der Waals surface area (Å²) in [6, 6.07) is 12.6. The van der Waals surface area contributed by atoms with Gasteiger partial charge in [-0.1, -0.05) is 6.07 Å². The second-order valence-electron chi connectivity index (χ2n) is 9.07. The largest absolute Gasteiger partial charge is 0.486 e. The van der Waals surface area contributed by atoms with Gasteiger partial charge in [0.25, 0.3) is 5.91 Å². The molecule has 10 heteroatoms. The van der Waals surface area contributed by atoms with E-state index in [0.717, 1.165) is 37.5 Å². The predicted octanol–water partition coefficient (Wildman–Crippen LogP) is 2.25. The van der Waals surface area contributed by atoms with Crippen molar-refractivity contribution in [3.63, 3.8) is 0 Å². The molecule has 0 saturated carbocycles. The van der Waals surface area contributed by atoms with Crippen molar-refractivity contribution in [1.29, 1.82) is 0 Å². The number of nitrogens with zero attached hydrogens (tertiary/aromatic N) is 3. The zero-order valence-electron chi connectivity index (χ0n) is 20.5. The lowest BCUT2D eigenvalue weighted by Crippen LogP contribution is -2.43. The second kappa shape index (κ2) is 10.5. The molecule has 2 aliphatic heterocycles. The number of carbonyl (C=O) groups excluding carboxylic acids is 1. The summed E-state index contributed by atoms with van der Waals surface area (Å²) < 4.78 is 23.2. The number of pyridine rings is 1. The number of nitrogens with two attached hydrogens (primary N) is 1. The zero-order valence-corrected chi connectivity index (χ0v) is 20.5. The Hall–Kier alpha value is -3.76. The number of furan rings is 1. The predicted molar refractivity (Wildman–Crippen MR) is 134 cm³/mol. The van der Waals surface area contributed by atoms with Crippen LogP contribution in [-0.2, 0) is 6.54 Å². The molecule has 2 aliphatic rings. The number of nitrogen functional groups attached to an aromatic ring is 1. The highest BCUT2D eigenvalue weighted by atomic mass is 16.6. The standard InChI is InChI=1S/C26H31N5O5/c1-30-8-10-31(11-9-30)15-18-6-7-23(35-18)26(32)28-14-19-16-34-22-5-3-4-20(25(22)36-19)21-12-17(27)13-24(29-21)33-2/h3-7,12-13,19H,8-11,14-16H2,1-2H3,(H2,27,29)(H,28,32)/t19-/m1/s1. The van der Waals surface area contributed by atoms with Crippen molar-refractivity contribution in [2.75, 3.05) is 59.2 Å². The zero-order chi connectivity index (χ0) is 25.1. The molecule has 1 saturated heterocycles. The molecular formula is C26H31N5O5. The number of hydrogen-bond acceptors (Lipinski definition) is 9. The second-order valence-corrected chi connectivity index (χ2v) is 9.07. The van der Waals surface area contributed by atoms with Crippen molar-refractivity contribution >= 4 is 11.6 Å². The van der Waals surface area contributed by atoms with Gasteiger partial charge in [-0.2, -0.15) is 0 Å². The maximum Gasteiger partial charge on any atom is 0.287 e. The molecule has 10 nitrogen and oxygen atoms in total. The van der Waals surface area contributed by atoms with Crippen molar-refractivity contribution < 1.29 is 23.4 Å². The molecule has 0 bridgehead atoms. The third kappa shape index (κ3) is 5.39. The van der Waals surface area contributed by atoms with Crippen LogP contribution in [0.4, 0.5) is 5.69 Å². The van der Waals surface area contributed by atoms with Crippen molar-refractivity contribution in [1.82, 2.24) is 20.1 Å². The van der Waals surface area contributed by atoms with E-state index < -0.39 is 0 Å². The number of amides is 1. The summed E-state index contributed by atoms with van der Waals surface area (Å²) in [5.41, 5.74) is 7.89. The van der Waals surface area contributed by atoms with Crippen LogP contribution in [0.3, 0.4) is 0 Å². The Morgan fingerprint density at radius 2 is 2.03 bits per heavy atom. The van der Waals surface area contributed by atoms with Gasteiger partial charge >= 0.3 is 0 Å². The van der Waals surface area contributed by atoms with Crippen LogP contribution in [0.15, 0.2) is 46.9 Å². The van der Waals surface area contributed by atoms with Gasteiger partial charge in [-0.25, -0.2) is 4.98 Å². The first kappa shape index (κ1) is 24.0. The lowest BCUT2D eigenvalue weighted by molar-refractivity contribution is 0.0773. The van der Waals surface area contributed by atoms with Crippen LogP contribution in [0.2, 0.25) is 0 Å². The number of carbonyl (C=O) groups is 1. The number of piperazine rings is 1. The fourth-order valence-corrected chi connectivity index (χ4v) is 4.31. The average Bonchev–Trinajstić information content (AvgIpc) is 3.36. The lowest BCUT2D eigenvalue weighted by atomic mass is 10.1. The molecule has 4 heterocycles. The van der Waals surface area contributed by atoms with E-state index in [-0.39, 0.29) is 24.3 Å². The number of likely N-dealkylation sites (N-methyl/N-ethyl adjacent to an activating group) is 1. The number of para-hydroxylation sites is 1. The van der Waals surface area contributed by atoms with Crippen LogP contribution in [0.5, 0.6) is 17.4 Å². The van der Waals surface area contributed by atoms with Gasteiger partial charge in [0.05, 0.1) is 25.9 Å². The molecule has 5 rings (SSSR count). The minimum atomic E-state index is -0.384. The number of hydrogen-bond donors (Lipinski definition) is 2. The summed E-state index contributed by atoms with van der Waals surface area (Å²) in [6.07, 6.45) is -0.384. The molecule has 0 radical (unpaired) electrons. The van der Waals surface area contributed by atoms with Crippen LogP contribution in [0, 0.1) is 0 Å². The first-order valence-corrected chi connectivity index (χ1v) is 12.0. The van der Waals surface area contributed by atoms with Crippen molar-refractivity contribution in [2.45, 2.75) is 12.6 Å². The first-order valence-electron chi connectivity index (χ1n) is 12.0. The number of rotatable bonds is 7. The monoisotopic (exact) mass is 493 g/mol. The molecular weight excluding hydrogens is 462 g/mol. The van der Waals surface area contributed by atoms with Crippen molar-refractivity contribution in [2.24, 2.45) is 0 Å². The fraction of sp³-hybridized carbons (Fsp3) is 0.385. The normalized spacial score (nSPS) is 18.1. The lowest BCUT2D eigenvalue weighted by Gasteiger charge is -2.31. The maximum atomic E-state index is 12.7. The maximum absolute atomic E-state index is 12.7. The minimum Gasteiger partial charge on any atom is -0.486 e. The quantitative estimate of drug-likeness (QED) is 0.511. The molecule has 190 valence electrons. The fourth-order valence-electron chi connectivity index (χ4n) is 4.31. The Morgan fingerprint density at radius 1 is 1.19 bits per heavy atom. The van der Waals surface area contributed by atoms with Gasteiger partial charge in [-0.15, -0.1) is 0 Å². The van der Waals surface area contributed by atoms with E-state index in [1.54, 1.807) is 25.3 Å². The summed E-state index contributed by atoms with van der Waals surface area (Å²) in [5, 5.41) is 2.90. The van der Waals surface area contributed by atoms with Crippen molar-refractivity contribution in [3.8, 4) is 28.6 Å². The Bertz CT molecular complexity index is 1220. The molecule has 0 spiro atoms. The van der Waals surface area contributed by atoms with Crippen LogP contribution in [0.25, 0.3) is 11.3 Å². The van der Waals surface area contributed by atoms with Gasteiger partial charge in [0.1, 0.15) is 18.5 Å². The topological polar surface area (TPSA) is 115 Å². The Morgan fingerprint density at radius 3 is 2.83 bits per heavy atom. The van der Waals surface area contributed by atoms with E-state index in [0.29, 0.717) is 41.9 Å².